The third-order valence-electron chi connectivity index (χ3n) is 9.51. The van der Waals surface area contributed by atoms with Gasteiger partial charge in [0.25, 0.3) is 12.0 Å². The fourth-order valence-electron chi connectivity index (χ4n) is 6.71. The molecule has 2 saturated carbocycles. The van der Waals surface area contributed by atoms with Gasteiger partial charge in [-0.3, -0.25) is 18.3 Å². The highest BCUT2D eigenvalue weighted by atomic mass is 31.3. The Balaban J connectivity index is -0.000000281. The number of hydrogen-bond acceptors (Lipinski definition) is 17. The fourth-order valence-corrected chi connectivity index (χ4v) is 14.0. The first-order valence-electron chi connectivity index (χ1n) is 25.5. The van der Waals surface area contributed by atoms with Crippen LogP contribution in [0.5, 0.6) is 0 Å². The van der Waals surface area contributed by atoms with Gasteiger partial charge in [0.05, 0.1) is 42.8 Å². The standard InChI is InChI=1S/C16H30N2O.C12H29O7P3.C11H25N3O.C8H12N4O.4CH4/c1-13(2)19-16(17-14-9-5-3-6-10-14)18-15-11-7-4-8-12-15;1-6-9-20(13,14)18-22(16,11-8-3)19-21(15,10-7-2)17-12(4)5;1-6-12-11(15-10(2)3)13-8-7-9-14(4)5;1-6(2)13-12-8-7(11-9)4-3-5-10-8;;;;/h13-15H,3-12H2,1-2H3,(H,17,18);12H,6-11H2,1-5H3,(H,13,14);10H,6-9H2,1-5H3,(H,12,13);3-6,9H,1-2H3,(H,10,12);4*1H4/p-1. The third-order valence-corrected chi connectivity index (χ3v) is 17.2. The van der Waals surface area contributed by atoms with Crippen LogP contribution in [-0.4, -0.2) is 111 Å². The molecule has 0 bridgehead atoms. The maximum Gasteiger partial charge on any atom is 0.342 e. The van der Waals surface area contributed by atoms with Crippen molar-refractivity contribution in [3.63, 3.8) is 0 Å². The minimum absolute atomic E-state index is 0. The van der Waals surface area contributed by atoms with Gasteiger partial charge >= 0.3 is 15.2 Å². The lowest BCUT2D eigenvalue weighted by Crippen LogP contribution is -2.39. The Kier molecular flexibility index (Phi) is 49.7. The van der Waals surface area contributed by atoms with Crippen LogP contribution in [0.4, 0.5) is 11.5 Å². The van der Waals surface area contributed by atoms with Crippen LogP contribution in [0.15, 0.2) is 33.4 Å². The Hall–Kier alpha value is -2.46. The molecule has 4 N–H and O–H groups in total. The molecule has 22 heteroatoms. The summed E-state index contributed by atoms with van der Waals surface area (Å²) in [5, 5.41) is 9.97. The zero-order valence-corrected chi connectivity index (χ0v) is 47.7. The Labute approximate surface area is 447 Å². The van der Waals surface area contributed by atoms with Crippen molar-refractivity contribution in [1.29, 1.82) is 5.53 Å². The van der Waals surface area contributed by atoms with Crippen LogP contribution in [0.1, 0.15) is 203 Å². The molecule has 19 nitrogen and oxygen atoms in total. The molecule has 3 atom stereocenters. The molecular formula is C51H111N9O10P3-. The predicted octanol–water partition coefficient (Wildman–Crippen LogP) is 15.0. The Morgan fingerprint density at radius 3 is 1.77 bits per heavy atom. The fraction of sp³-hybridized carbons (Fsp3) is 0.863. The Bertz CT molecular complexity index is 1700. The van der Waals surface area contributed by atoms with E-state index in [1.807, 2.05) is 34.6 Å². The second-order valence-electron chi connectivity index (χ2n) is 18.5. The zero-order valence-electron chi connectivity index (χ0n) is 45.0. The Morgan fingerprint density at radius 1 is 0.753 bits per heavy atom. The lowest BCUT2D eigenvalue weighted by molar-refractivity contribution is -0.191. The number of nitrogens with one attached hydrogen (secondary N) is 4. The van der Waals surface area contributed by atoms with Crippen molar-refractivity contribution in [2.75, 3.05) is 57.7 Å². The molecule has 2 aliphatic carbocycles. The van der Waals surface area contributed by atoms with Crippen LogP contribution in [0.2, 0.25) is 0 Å². The summed E-state index contributed by atoms with van der Waals surface area (Å²) in [4.78, 5) is 32.3. The van der Waals surface area contributed by atoms with E-state index in [-0.39, 0.29) is 66.5 Å². The van der Waals surface area contributed by atoms with Crippen molar-refractivity contribution in [1.82, 2.24) is 20.5 Å². The molecule has 436 valence electrons. The molecule has 0 radical (unpaired) electrons. The highest BCUT2D eigenvalue weighted by molar-refractivity contribution is 7.72. The molecule has 2 fully saturated rings. The summed E-state index contributed by atoms with van der Waals surface area (Å²) in [6.07, 6.45) is 16.7. The summed E-state index contributed by atoms with van der Waals surface area (Å²) in [5.41, 5.74) is 9.96. The van der Waals surface area contributed by atoms with E-state index < -0.39 is 28.9 Å². The molecule has 0 saturated heterocycles. The van der Waals surface area contributed by atoms with E-state index >= 15 is 0 Å². The molecule has 1 aromatic rings. The average molecular weight is 1100 g/mol. The van der Waals surface area contributed by atoms with Gasteiger partial charge in [-0.15, -0.1) is 0 Å². The van der Waals surface area contributed by atoms with Gasteiger partial charge < -0.3 is 39.0 Å². The first-order chi connectivity index (χ1) is 32.5. The zero-order chi connectivity index (χ0) is 52.3. The van der Waals surface area contributed by atoms with Gasteiger partial charge in [-0.1, -0.05) is 89.0 Å². The number of rotatable bonds is 25. The van der Waals surface area contributed by atoms with E-state index in [9.17, 15) is 18.6 Å². The first-order valence-corrected chi connectivity index (χ1v) is 30.7. The topological polar surface area (TPSA) is 243 Å². The lowest BCUT2D eigenvalue weighted by Gasteiger charge is -2.30. The number of aromatic nitrogens is 1. The highest BCUT2D eigenvalue weighted by Crippen LogP contribution is 2.70. The summed E-state index contributed by atoms with van der Waals surface area (Å²) in [7, 11) is -7.88. The van der Waals surface area contributed by atoms with Crippen LogP contribution in [0.3, 0.4) is 0 Å². The van der Waals surface area contributed by atoms with Crippen LogP contribution >= 0.6 is 22.8 Å². The second kappa shape index (κ2) is 45.7. The first kappa shape index (κ1) is 79.4. The summed E-state index contributed by atoms with van der Waals surface area (Å²) in [6, 6.07) is 5.95. The number of anilines is 1. The van der Waals surface area contributed by atoms with Crippen molar-refractivity contribution in [3.05, 3.63) is 18.3 Å². The molecule has 0 spiro atoms. The highest BCUT2D eigenvalue weighted by Gasteiger charge is 2.39. The van der Waals surface area contributed by atoms with Crippen molar-refractivity contribution < 1.29 is 46.0 Å². The normalized spacial score (nSPS) is 16.6. The van der Waals surface area contributed by atoms with Gasteiger partial charge in [0.15, 0.2) is 5.82 Å². The number of nitrogens with zero attached hydrogens (tertiary/aromatic N) is 5. The van der Waals surface area contributed by atoms with E-state index in [1.54, 1.807) is 52.9 Å². The maximum absolute atomic E-state index is 12.7. The molecule has 0 aromatic carbocycles. The van der Waals surface area contributed by atoms with Crippen LogP contribution in [0.25, 0.3) is 0 Å². The number of pyridine rings is 1. The molecule has 0 amide bonds. The number of aliphatic imine (C=N–C) groups is 2. The second-order valence-corrected chi connectivity index (χ2v) is 25.0. The van der Waals surface area contributed by atoms with Crippen molar-refractivity contribution in [3.8, 4) is 0 Å². The minimum atomic E-state index is -4.30. The lowest BCUT2D eigenvalue weighted by atomic mass is 9.95. The maximum atomic E-state index is 12.7. The molecule has 3 unspecified atom stereocenters. The molecule has 2 aliphatic rings. The number of hydrogen-bond donors (Lipinski definition) is 4. The van der Waals surface area contributed by atoms with E-state index in [2.05, 4.69) is 64.0 Å². The van der Waals surface area contributed by atoms with E-state index in [4.69, 9.17) is 38.0 Å². The van der Waals surface area contributed by atoms with Crippen LogP contribution < -0.4 is 21.0 Å². The monoisotopic (exact) mass is 1100 g/mol. The van der Waals surface area contributed by atoms with E-state index in [0.717, 1.165) is 32.1 Å². The average Bonchev–Trinajstić information content (AvgIpc) is 3.25. The van der Waals surface area contributed by atoms with Gasteiger partial charge in [-0.25, -0.2) is 30.3 Å². The van der Waals surface area contributed by atoms with Gasteiger partial charge in [0.2, 0.25) is 0 Å². The van der Waals surface area contributed by atoms with Gasteiger partial charge in [0.1, 0.15) is 13.3 Å². The SMILES string of the molecule is C.C.C.C.CC(C)OC(=NC1CCCCC1)NC1CCCCC1.CC(C)ONc1ncccc1N=N.CCCP(=O)([O-])OP(=O)(CCC)OP(=O)(CCC)OC(C)C.CCNC(=NCCCN(C)C)OC(C)C. The Morgan fingerprint density at radius 2 is 1.29 bits per heavy atom. The quantitative estimate of drug-likeness (QED) is 0.0178. The summed E-state index contributed by atoms with van der Waals surface area (Å²) in [5.74, 6) is 0.464. The van der Waals surface area contributed by atoms with Crippen molar-refractivity contribution >= 4 is 46.3 Å². The molecule has 73 heavy (non-hydrogen) atoms. The summed E-state index contributed by atoms with van der Waals surface area (Å²) in [6.45, 7) is 25.2. The summed E-state index contributed by atoms with van der Waals surface area (Å²) >= 11 is 0. The van der Waals surface area contributed by atoms with Crippen LogP contribution in [0, 0.1) is 5.53 Å². The predicted molar refractivity (Wildman–Crippen MR) is 308 cm³/mol. The molecular weight excluding hydrogens is 992 g/mol. The van der Waals surface area contributed by atoms with Gasteiger partial charge in [-0.05, 0) is 146 Å². The molecule has 3 rings (SSSR count). The van der Waals surface area contributed by atoms with E-state index in [1.165, 1.54) is 64.2 Å². The van der Waals surface area contributed by atoms with E-state index in [0.29, 0.717) is 48.9 Å². The third kappa shape index (κ3) is 42.4. The largest absolute Gasteiger partial charge is 0.778 e. The smallest absolute Gasteiger partial charge is 0.342 e. The molecule has 1 heterocycles. The minimum Gasteiger partial charge on any atom is -0.778 e. The van der Waals surface area contributed by atoms with Crippen molar-refractivity contribution in [2.24, 2.45) is 15.1 Å². The van der Waals surface area contributed by atoms with Gasteiger partial charge in [0, 0.05) is 31.5 Å². The van der Waals surface area contributed by atoms with Crippen LogP contribution in [-0.2, 0) is 41.2 Å². The number of ether oxygens (including phenoxy) is 2. The van der Waals surface area contributed by atoms with Gasteiger partial charge in [-0.2, -0.15) is 5.11 Å². The molecule has 0 aliphatic heterocycles. The summed E-state index contributed by atoms with van der Waals surface area (Å²) < 4.78 is 63.9. The number of amidine groups is 2. The molecule has 1 aromatic heterocycles. The van der Waals surface area contributed by atoms with Crippen molar-refractivity contribution in [2.45, 2.75) is 239 Å².